The van der Waals surface area contributed by atoms with E-state index in [0.29, 0.717) is 23.8 Å². The molecule has 0 radical (unpaired) electrons. The highest BCUT2D eigenvalue weighted by atomic mass is 16.6. The number of amides is 1. The lowest BCUT2D eigenvalue weighted by Crippen LogP contribution is -2.12. The summed E-state index contributed by atoms with van der Waals surface area (Å²) in [4.78, 5) is 23.1. The number of rotatable bonds is 8. The molecule has 0 saturated carbocycles. The van der Waals surface area contributed by atoms with Gasteiger partial charge in [-0.2, -0.15) is 0 Å². The number of nitro benzene ring substituents is 1. The lowest BCUT2D eigenvalue weighted by atomic mass is 10.2. The van der Waals surface area contributed by atoms with Crippen molar-refractivity contribution in [3.8, 4) is 11.5 Å². The first-order chi connectivity index (χ1) is 14.0. The Kier molecular flexibility index (Phi) is 6.13. The summed E-state index contributed by atoms with van der Waals surface area (Å²) >= 11 is 0. The van der Waals surface area contributed by atoms with Gasteiger partial charge in [-0.05, 0) is 49.7 Å². The van der Waals surface area contributed by atoms with Crippen molar-refractivity contribution in [3.05, 3.63) is 81.8 Å². The third-order valence-electron chi connectivity index (χ3n) is 4.00. The van der Waals surface area contributed by atoms with Gasteiger partial charge in [-0.3, -0.25) is 14.9 Å². The van der Waals surface area contributed by atoms with E-state index in [0.717, 1.165) is 5.56 Å². The van der Waals surface area contributed by atoms with Crippen molar-refractivity contribution in [2.24, 2.45) is 0 Å². The van der Waals surface area contributed by atoms with Gasteiger partial charge in [-0.1, -0.05) is 18.2 Å². The summed E-state index contributed by atoms with van der Waals surface area (Å²) in [7, 11) is 0. The van der Waals surface area contributed by atoms with Crippen LogP contribution in [0.5, 0.6) is 11.5 Å². The summed E-state index contributed by atoms with van der Waals surface area (Å²) in [6, 6.07) is 14.9. The van der Waals surface area contributed by atoms with E-state index in [1.165, 1.54) is 18.2 Å². The van der Waals surface area contributed by atoms with Crippen molar-refractivity contribution in [1.29, 1.82) is 0 Å². The molecule has 1 amide bonds. The maximum Gasteiger partial charge on any atom is 0.311 e. The van der Waals surface area contributed by atoms with Gasteiger partial charge in [0.25, 0.3) is 5.91 Å². The van der Waals surface area contributed by atoms with Gasteiger partial charge in [0.15, 0.2) is 11.5 Å². The van der Waals surface area contributed by atoms with E-state index in [2.05, 4.69) is 5.32 Å². The number of anilines is 1. The quantitative estimate of drug-likeness (QED) is 0.436. The van der Waals surface area contributed by atoms with Crippen molar-refractivity contribution >= 4 is 17.3 Å². The molecule has 0 saturated heterocycles. The standard InChI is InChI=1S/C21H20N2O6/c1-3-27-18-7-5-4-6-16(18)22-21(24)20-11-9-15(29-20)13-28-19-10-8-14(2)12-17(19)23(25)26/h4-12H,3,13H2,1-2H3,(H,22,24). The van der Waals surface area contributed by atoms with Crippen molar-refractivity contribution in [2.45, 2.75) is 20.5 Å². The fraction of sp³-hybridized carbons (Fsp3) is 0.190. The van der Waals surface area contributed by atoms with Crippen LogP contribution in [0.15, 0.2) is 59.0 Å². The predicted molar refractivity (Wildman–Crippen MR) is 106 cm³/mol. The number of furan rings is 1. The van der Waals surface area contributed by atoms with E-state index in [1.807, 2.05) is 13.0 Å². The van der Waals surface area contributed by atoms with E-state index < -0.39 is 10.8 Å². The van der Waals surface area contributed by atoms with Gasteiger partial charge in [0.1, 0.15) is 18.1 Å². The third-order valence-corrected chi connectivity index (χ3v) is 4.00. The Labute approximate surface area is 167 Å². The summed E-state index contributed by atoms with van der Waals surface area (Å²) in [5.74, 6) is 0.708. The number of nitrogens with one attached hydrogen (secondary N) is 1. The Morgan fingerprint density at radius 2 is 1.90 bits per heavy atom. The fourth-order valence-electron chi connectivity index (χ4n) is 2.65. The molecule has 1 aromatic heterocycles. The first-order valence-electron chi connectivity index (χ1n) is 8.97. The second-order valence-electron chi connectivity index (χ2n) is 6.17. The van der Waals surface area contributed by atoms with Crippen LogP contribution in [0.2, 0.25) is 0 Å². The van der Waals surface area contributed by atoms with Gasteiger partial charge < -0.3 is 19.2 Å². The lowest BCUT2D eigenvalue weighted by molar-refractivity contribution is -0.386. The minimum absolute atomic E-state index is 0.0489. The van der Waals surface area contributed by atoms with Crippen LogP contribution in [-0.4, -0.2) is 17.4 Å². The molecule has 0 atom stereocenters. The minimum Gasteiger partial charge on any atom is -0.492 e. The third kappa shape index (κ3) is 4.92. The zero-order valence-corrected chi connectivity index (χ0v) is 16.0. The molecule has 0 unspecified atom stereocenters. The van der Waals surface area contributed by atoms with E-state index in [1.54, 1.807) is 37.3 Å². The first-order valence-corrected chi connectivity index (χ1v) is 8.97. The Morgan fingerprint density at radius 3 is 2.66 bits per heavy atom. The second-order valence-corrected chi connectivity index (χ2v) is 6.17. The monoisotopic (exact) mass is 396 g/mol. The van der Waals surface area contributed by atoms with Gasteiger partial charge in [-0.15, -0.1) is 0 Å². The van der Waals surface area contributed by atoms with E-state index >= 15 is 0 Å². The molecule has 2 aromatic carbocycles. The van der Waals surface area contributed by atoms with Crippen LogP contribution >= 0.6 is 0 Å². The molecular formula is C21H20N2O6. The number of aryl methyl sites for hydroxylation is 1. The lowest BCUT2D eigenvalue weighted by Gasteiger charge is -2.10. The molecule has 0 bridgehead atoms. The van der Waals surface area contributed by atoms with Crippen LogP contribution < -0.4 is 14.8 Å². The summed E-state index contributed by atoms with van der Waals surface area (Å²) in [5.41, 5.74) is 1.17. The number of carbonyl (C=O) groups excluding carboxylic acids is 1. The number of para-hydroxylation sites is 2. The second kappa shape index (κ2) is 8.92. The Bertz CT molecular complexity index is 1030. The van der Waals surface area contributed by atoms with Gasteiger partial charge >= 0.3 is 5.69 Å². The number of nitro groups is 1. The molecule has 8 heteroatoms. The molecule has 3 rings (SSSR count). The van der Waals surface area contributed by atoms with E-state index in [4.69, 9.17) is 13.9 Å². The molecule has 3 aromatic rings. The summed E-state index contributed by atoms with van der Waals surface area (Å²) in [6.45, 7) is 4.04. The van der Waals surface area contributed by atoms with Crippen molar-refractivity contribution in [3.63, 3.8) is 0 Å². The molecule has 1 heterocycles. The van der Waals surface area contributed by atoms with Gasteiger partial charge in [0.05, 0.1) is 17.2 Å². The van der Waals surface area contributed by atoms with Crippen molar-refractivity contribution in [2.75, 3.05) is 11.9 Å². The Hall–Kier alpha value is -3.81. The molecule has 0 aliphatic heterocycles. The van der Waals surface area contributed by atoms with Crippen LogP contribution in [-0.2, 0) is 6.61 Å². The van der Waals surface area contributed by atoms with Crippen LogP contribution in [0, 0.1) is 17.0 Å². The zero-order valence-electron chi connectivity index (χ0n) is 16.0. The molecular weight excluding hydrogens is 376 g/mol. The molecule has 0 spiro atoms. The molecule has 29 heavy (non-hydrogen) atoms. The summed E-state index contributed by atoms with van der Waals surface area (Å²) < 4.78 is 16.5. The number of benzene rings is 2. The molecule has 0 aliphatic carbocycles. The number of nitrogens with zero attached hydrogens (tertiary/aromatic N) is 1. The molecule has 150 valence electrons. The van der Waals surface area contributed by atoms with Crippen LogP contribution in [0.3, 0.4) is 0 Å². The molecule has 0 fully saturated rings. The first kappa shape index (κ1) is 19.9. The fourth-order valence-corrected chi connectivity index (χ4v) is 2.65. The maximum absolute atomic E-state index is 12.4. The Balaban J connectivity index is 1.67. The smallest absolute Gasteiger partial charge is 0.311 e. The molecule has 1 N–H and O–H groups in total. The average molecular weight is 396 g/mol. The van der Waals surface area contributed by atoms with Gasteiger partial charge in [-0.25, -0.2) is 0 Å². The van der Waals surface area contributed by atoms with Crippen LogP contribution in [0.1, 0.15) is 28.8 Å². The van der Waals surface area contributed by atoms with Crippen LogP contribution in [0.25, 0.3) is 0 Å². The SMILES string of the molecule is CCOc1ccccc1NC(=O)c1ccc(COc2ccc(C)cc2[N+](=O)[O-])o1. The molecule has 0 aliphatic rings. The maximum atomic E-state index is 12.4. The van der Waals surface area contributed by atoms with Gasteiger partial charge in [0.2, 0.25) is 0 Å². The van der Waals surface area contributed by atoms with E-state index in [-0.39, 0.29) is 23.8 Å². The predicted octanol–water partition coefficient (Wildman–Crippen LogP) is 4.73. The highest BCUT2D eigenvalue weighted by Gasteiger charge is 2.17. The average Bonchev–Trinajstić information content (AvgIpc) is 3.18. The number of hydrogen-bond acceptors (Lipinski definition) is 6. The normalized spacial score (nSPS) is 10.4. The van der Waals surface area contributed by atoms with Crippen LogP contribution in [0.4, 0.5) is 11.4 Å². The largest absolute Gasteiger partial charge is 0.492 e. The zero-order chi connectivity index (χ0) is 20.8. The topological polar surface area (TPSA) is 104 Å². The highest BCUT2D eigenvalue weighted by molar-refractivity contribution is 6.03. The summed E-state index contributed by atoms with van der Waals surface area (Å²) in [5, 5.41) is 13.9. The molecule has 8 nitrogen and oxygen atoms in total. The Morgan fingerprint density at radius 1 is 1.10 bits per heavy atom. The minimum atomic E-state index is -0.501. The highest BCUT2D eigenvalue weighted by Crippen LogP contribution is 2.29. The number of hydrogen-bond donors (Lipinski definition) is 1. The summed E-state index contributed by atoms with van der Waals surface area (Å²) in [6.07, 6.45) is 0. The van der Waals surface area contributed by atoms with Crippen molar-refractivity contribution in [1.82, 2.24) is 0 Å². The number of ether oxygens (including phenoxy) is 2. The van der Waals surface area contributed by atoms with E-state index in [9.17, 15) is 14.9 Å². The van der Waals surface area contributed by atoms with Gasteiger partial charge in [0, 0.05) is 6.07 Å². The number of carbonyl (C=O) groups is 1. The van der Waals surface area contributed by atoms with Crippen molar-refractivity contribution < 1.29 is 23.6 Å².